The van der Waals surface area contributed by atoms with E-state index in [0.717, 1.165) is 34.4 Å². The van der Waals surface area contributed by atoms with Gasteiger partial charge in [0.15, 0.2) is 0 Å². The molecule has 4 rings (SSSR count). The lowest BCUT2D eigenvalue weighted by molar-refractivity contribution is -0.120. The highest BCUT2D eigenvalue weighted by Gasteiger charge is 2.18. The maximum Gasteiger partial charge on any atom is 0.224 e. The van der Waals surface area contributed by atoms with Gasteiger partial charge in [-0.15, -0.1) is 0 Å². The van der Waals surface area contributed by atoms with Crippen molar-refractivity contribution in [2.24, 2.45) is 0 Å². The Balaban J connectivity index is 1.29. The second kappa shape index (κ2) is 9.35. The maximum atomic E-state index is 12.4. The van der Waals surface area contributed by atoms with Gasteiger partial charge in [0.2, 0.25) is 5.91 Å². The molecule has 1 fully saturated rings. The number of nitrogens with zero attached hydrogens (tertiary/aromatic N) is 1. The number of carbonyl (C=O) groups excluding carboxylic acids is 1. The first-order valence-corrected chi connectivity index (χ1v) is 10.7. The molecule has 5 nitrogen and oxygen atoms in total. The molecule has 1 aromatic heterocycles. The molecule has 3 aromatic rings. The molecule has 1 aliphatic rings. The van der Waals surface area contributed by atoms with Crippen molar-refractivity contribution < 1.29 is 13.9 Å². The normalized spacial score (nSPS) is 17.2. The number of hydrogen-bond donors (Lipinski definition) is 1. The molecule has 1 unspecified atom stereocenters. The summed E-state index contributed by atoms with van der Waals surface area (Å²) in [5.74, 6) is 0.728. The molecule has 1 amide bonds. The van der Waals surface area contributed by atoms with E-state index >= 15 is 0 Å². The Hall–Kier alpha value is -2.79. The number of hydrogen-bond acceptors (Lipinski definition) is 4. The van der Waals surface area contributed by atoms with Crippen molar-refractivity contribution in [2.75, 3.05) is 13.7 Å². The lowest BCUT2D eigenvalue weighted by Gasteiger charge is -2.33. The maximum absolute atomic E-state index is 12.4. The third-order valence-corrected chi connectivity index (χ3v) is 6.05. The van der Waals surface area contributed by atoms with E-state index in [1.165, 1.54) is 31.4 Å². The fraction of sp³-hybridized carbons (Fsp3) is 0.400. The zero-order chi connectivity index (χ0) is 20.9. The fourth-order valence-electron chi connectivity index (χ4n) is 4.15. The summed E-state index contributed by atoms with van der Waals surface area (Å²) in [6.45, 7) is 5.05. The number of nitrogens with one attached hydrogen (secondary N) is 1. The van der Waals surface area contributed by atoms with Crippen molar-refractivity contribution in [3.8, 4) is 5.75 Å². The quantitative estimate of drug-likeness (QED) is 0.619. The lowest BCUT2D eigenvalue weighted by atomic mass is 10.0. The van der Waals surface area contributed by atoms with E-state index in [1.807, 2.05) is 18.2 Å². The van der Waals surface area contributed by atoms with Crippen LogP contribution in [0.2, 0.25) is 0 Å². The van der Waals surface area contributed by atoms with Crippen LogP contribution in [0.4, 0.5) is 0 Å². The highest BCUT2D eigenvalue weighted by atomic mass is 16.5. The van der Waals surface area contributed by atoms with Crippen LogP contribution in [0, 0.1) is 0 Å². The predicted molar refractivity (Wildman–Crippen MR) is 118 cm³/mol. The minimum absolute atomic E-state index is 0.0141. The first-order valence-electron chi connectivity index (χ1n) is 10.7. The van der Waals surface area contributed by atoms with Crippen LogP contribution in [-0.2, 0) is 24.3 Å². The van der Waals surface area contributed by atoms with Gasteiger partial charge in [0.1, 0.15) is 11.3 Å². The zero-order valence-electron chi connectivity index (χ0n) is 17.8. The Morgan fingerprint density at radius 2 is 1.97 bits per heavy atom. The van der Waals surface area contributed by atoms with Gasteiger partial charge >= 0.3 is 0 Å². The molecule has 1 aliphatic heterocycles. The molecule has 30 heavy (non-hydrogen) atoms. The van der Waals surface area contributed by atoms with E-state index in [-0.39, 0.29) is 5.91 Å². The third-order valence-electron chi connectivity index (χ3n) is 6.05. The number of methoxy groups -OCH3 is 1. The minimum atomic E-state index is -0.0141. The highest BCUT2D eigenvalue weighted by Crippen LogP contribution is 2.26. The highest BCUT2D eigenvalue weighted by molar-refractivity contribution is 5.88. The van der Waals surface area contributed by atoms with E-state index in [1.54, 1.807) is 13.4 Å². The molecule has 0 radical (unpaired) electrons. The second-order valence-corrected chi connectivity index (χ2v) is 8.21. The van der Waals surface area contributed by atoms with Crippen LogP contribution in [0.25, 0.3) is 11.0 Å². The number of carbonyl (C=O) groups is 1. The molecule has 0 spiro atoms. The molecule has 2 heterocycles. The summed E-state index contributed by atoms with van der Waals surface area (Å²) in [6.07, 6.45) is 5.89. The summed E-state index contributed by atoms with van der Waals surface area (Å²) < 4.78 is 10.8. The van der Waals surface area contributed by atoms with E-state index in [0.29, 0.717) is 19.0 Å². The number of fused-ring (bicyclic) bond motifs is 1. The van der Waals surface area contributed by atoms with Gasteiger partial charge in [-0.2, -0.15) is 0 Å². The van der Waals surface area contributed by atoms with Crippen LogP contribution in [0.1, 0.15) is 42.9 Å². The van der Waals surface area contributed by atoms with Gasteiger partial charge in [0.05, 0.1) is 19.8 Å². The molecule has 1 atom stereocenters. The van der Waals surface area contributed by atoms with Crippen molar-refractivity contribution in [1.82, 2.24) is 10.2 Å². The Kier molecular flexibility index (Phi) is 6.38. The van der Waals surface area contributed by atoms with Gasteiger partial charge in [0.25, 0.3) is 0 Å². The first-order chi connectivity index (χ1) is 14.6. The number of likely N-dealkylation sites (tertiary alicyclic amines) is 1. The van der Waals surface area contributed by atoms with Crippen LogP contribution < -0.4 is 10.1 Å². The molecule has 1 N–H and O–H groups in total. The predicted octanol–water partition coefficient (Wildman–Crippen LogP) is 4.67. The molecular formula is C25H30N2O3. The Bertz CT molecular complexity index is 993. The van der Waals surface area contributed by atoms with Gasteiger partial charge in [-0.25, -0.2) is 0 Å². The van der Waals surface area contributed by atoms with E-state index in [2.05, 4.69) is 41.4 Å². The minimum Gasteiger partial charge on any atom is -0.497 e. The Morgan fingerprint density at radius 3 is 2.73 bits per heavy atom. The monoisotopic (exact) mass is 406 g/mol. The zero-order valence-corrected chi connectivity index (χ0v) is 17.8. The smallest absolute Gasteiger partial charge is 0.224 e. The number of benzene rings is 2. The molecular weight excluding hydrogens is 376 g/mol. The molecule has 1 saturated heterocycles. The molecule has 0 aliphatic carbocycles. The van der Waals surface area contributed by atoms with Crippen LogP contribution in [0.5, 0.6) is 5.75 Å². The molecule has 158 valence electrons. The molecule has 0 bridgehead atoms. The topological polar surface area (TPSA) is 54.7 Å². The summed E-state index contributed by atoms with van der Waals surface area (Å²) >= 11 is 0. The SMILES string of the molecule is COc1ccc2c(CC(=O)NCc3ccc(CN4CCCCC4C)cc3)coc2c1. The number of piperidine rings is 1. The first kappa shape index (κ1) is 20.5. The van der Waals surface area contributed by atoms with E-state index in [9.17, 15) is 4.79 Å². The number of rotatable bonds is 7. The lowest BCUT2D eigenvalue weighted by Crippen LogP contribution is -2.36. The van der Waals surface area contributed by atoms with E-state index < -0.39 is 0 Å². The van der Waals surface area contributed by atoms with Crippen molar-refractivity contribution in [1.29, 1.82) is 0 Å². The van der Waals surface area contributed by atoms with E-state index in [4.69, 9.17) is 9.15 Å². The largest absolute Gasteiger partial charge is 0.497 e. The molecule has 0 saturated carbocycles. The van der Waals surface area contributed by atoms with Gasteiger partial charge in [-0.3, -0.25) is 9.69 Å². The summed E-state index contributed by atoms with van der Waals surface area (Å²) in [7, 11) is 1.62. The van der Waals surface area contributed by atoms with Gasteiger partial charge in [-0.1, -0.05) is 30.7 Å². The molecule has 2 aromatic carbocycles. The summed E-state index contributed by atoms with van der Waals surface area (Å²) in [6, 6.07) is 14.9. The van der Waals surface area contributed by atoms with Gasteiger partial charge < -0.3 is 14.5 Å². The van der Waals surface area contributed by atoms with Gasteiger partial charge in [-0.05, 0) is 49.6 Å². The van der Waals surface area contributed by atoms with Crippen LogP contribution in [-0.4, -0.2) is 30.5 Å². The van der Waals surface area contributed by atoms with Crippen molar-refractivity contribution in [3.05, 3.63) is 65.4 Å². The van der Waals surface area contributed by atoms with Crippen LogP contribution in [0.15, 0.2) is 53.1 Å². The number of amides is 1. The van der Waals surface area contributed by atoms with Gasteiger partial charge in [0, 0.05) is 36.1 Å². The van der Waals surface area contributed by atoms with Crippen molar-refractivity contribution in [2.45, 2.75) is 51.7 Å². The van der Waals surface area contributed by atoms with Crippen LogP contribution in [0.3, 0.4) is 0 Å². The van der Waals surface area contributed by atoms with Crippen molar-refractivity contribution in [3.63, 3.8) is 0 Å². The fourth-order valence-corrected chi connectivity index (χ4v) is 4.15. The summed E-state index contributed by atoms with van der Waals surface area (Å²) in [4.78, 5) is 15.0. The Morgan fingerprint density at radius 1 is 1.17 bits per heavy atom. The third kappa shape index (κ3) is 4.85. The van der Waals surface area contributed by atoms with Crippen LogP contribution >= 0.6 is 0 Å². The standard InChI is InChI=1S/C25H30N2O3/c1-18-5-3-4-12-27(18)16-20-8-6-19(7-9-20)15-26-25(28)13-21-17-30-24-14-22(29-2)10-11-23(21)24/h6-11,14,17-18H,3-5,12-13,15-16H2,1-2H3,(H,26,28). The average Bonchev–Trinajstić information content (AvgIpc) is 3.16. The summed E-state index contributed by atoms with van der Waals surface area (Å²) in [5.41, 5.74) is 4.06. The van der Waals surface area contributed by atoms with Crippen molar-refractivity contribution >= 4 is 16.9 Å². The summed E-state index contributed by atoms with van der Waals surface area (Å²) in [5, 5.41) is 3.96. The second-order valence-electron chi connectivity index (χ2n) is 8.21. The average molecular weight is 407 g/mol. The number of furan rings is 1. The molecule has 5 heteroatoms. The number of ether oxygens (including phenoxy) is 1. The Labute approximate surface area is 178 Å².